The second kappa shape index (κ2) is 7.19. The summed E-state index contributed by atoms with van der Waals surface area (Å²) in [5.74, 6) is 2.47. The van der Waals surface area contributed by atoms with Crippen LogP contribution in [0.5, 0.6) is 5.88 Å². The molecule has 0 amide bonds. The monoisotopic (exact) mass is 251 g/mol. The highest BCUT2D eigenvalue weighted by molar-refractivity contribution is 5.50. The lowest BCUT2D eigenvalue weighted by Crippen LogP contribution is -2.12. The quantitative estimate of drug-likeness (QED) is 0.806. The molecule has 0 aliphatic carbocycles. The predicted octanol–water partition coefficient (Wildman–Crippen LogP) is 3.46. The molecule has 102 valence electrons. The van der Waals surface area contributed by atoms with E-state index in [0.29, 0.717) is 24.3 Å². The molecule has 1 N–H and O–H groups in total. The zero-order valence-corrected chi connectivity index (χ0v) is 12.2. The van der Waals surface area contributed by atoms with Gasteiger partial charge in [-0.15, -0.1) is 0 Å². The van der Waals surface area contributed by atoms with Crippen molar-refractivity contribution in [2.45, 2.75) is 46.5 Å². The van der Waals surface area contributed by atoms with E-state index >= 15 is 0 Å². The van der Waals surface area contributed by atoms with Gasteiger partial charge in [-0.2, -0.15) is 0 Å². The average molecular weight is 251 g/mol. The normalized spacial score (nSPS) is 12.6. The van der Waals surface area contributed by atoms with Crippen molar-refractivity contribution in [2.75, 3.05) is 19.0 Å². The molecule has 4 heteroatoms. The molecule has 1 aromatic rings. The first kappa shape index (κ1) is 14.7. The second-order valence-corrected chi connectivity index (χ2v) is 5.05. The Labute approximate surface area is 110 Å². The number of nitrogens with zero attached hydrogens (tertiary/aromatic N) is 2. The van der Waals surface area contributed by atoms with Crippen LogP contribution in [0, 0.1) is 5.92 Å². The number of nitrogens with one attached hydrogen (secondary N) is 1. The van der Waals surface area contributed by atoms with Crippen molar-refractivity contribution in [3.8, 4) is 5.88 Å². The SMILES string of the molecule is CCCC(C)COc1ncnc(NC)c1C(C)C. The molecule has 1 aromatic heterocycles. The Morgan fingerprint density at radius 2 is 2.00 bits per heavy atom. The van der Waals surface area contributed by atoms with E-state index in [2.05, 4.69) is 43.0 Å². The Morgan fingerprint density at radius 1 is 1.28 bits per heavy atom. The molecule has 1 heterocycles. The smallest absolute Gasteiger partial charge is 0.222 e. The van der Waals surface area contributed by atoms with Crippen LogP contribution in [0.15, 0.2) is 6.33 Å². The van der Waals surface area contributed by atoms with Crippen LogP contribution in [0.1, 0.15) is 52.0 Å². The molecule has 0 aromatic carbocycles. The van der Waals surface area contributed by atoms with Crippen LogP contribution in [-0.4, -0.2) is 23.6 Å². The van der Waals surface area contributed by atoms with E-state index in [9.17, 15) is 0 Å². The Balaban J connectivity index is 2.81. The van der Waals surface area contributed by atoms with Crippen molar-refractivity contribution in [1.82, 2.24) is 9.97 Å². The number of anilines is 1. The van der Waals surface area contributed by atoms with Gasteiger partial charge in [0.25, 0.3) is 0 Å². The van der Waals surface area contributed by atoms with Crippen molar-refractivity contribution < 1.29 is 4.74 Å². The van der Waals surface area contributed by atoms with Crippen molar-refractivity contribution in [2.24, 2.45) is 5.92 Å². The summed E-state index contributed by atoms with van der Waals surface area (Å²) >= 11 is 0. The Kier molecular flexibility index (Phi) is 5.89. The lowest BCUT2D eigenvalue weighted by Gasteiger charge is -2.17. The molecule has 0 saturated heterocycles. The van der Waals surface area contributed by atoms with E-state index in [1.807, 2.05) is 7.05 Å². The molecular formula is C14H25N3O. The van der Waals surface area contributed by atoms with Crippen molar-refractivity contribution >= 4 is 5.82 Å². The van der Waals surface area contributed by atoms with E-state index in [4.69, 9.17) is 4.74 Å². The number of ether oxygens (including phenoxy) is 1. The molecule has 4 nitrogen and oxygen atoms in total. The minimum atomic E-state index is 0.338. The fraction of sp³-hybridized carbons (Fsp3) is 0.714. The minimum absolute atomic E-state index is 0.338. The van der Waals surface area contributed by atoms with Crippen LogP contribution in [0.25, 0.3) is 0 Å². The standard InChI is InChI=1S/C14H25N3O/c1-6-7-11(4)8-18-14-12(10(2)3)13(15-5)16-9-17-14/h9-11H,6-8H2,1-5H3,(H,15,16,17). The molecule has 1 unspecified atom stereocenters. The van der Waals surface area contributed by atoms with Crippen LogP contribution >= 0.6 is 0 Å². The summed E-state index contributed by atoms with van der Waals surface area (Å²) in [6.07, 6.45) is 3.92. The highest BCUT2D eigenvalue weighted by Crippen LogP contribution is 2.29. The molecule has 1 atom stereocenters. The third kappa shape index (κ3) is 3.86. The number of rotatable bonds is 7. The summed E-state index contributed by atoms with van der Waals surface area (Å²) in [6.45, 7) is 9.37. The summed E-state index contributed by atoms with van der Waals surface area (Å²) in [5, 5.41) is 3.10. The van der Waals surface area contributed by atoms with Gasteiger partial charge in [0.1, 0.15) is 12.1 Å². The largest absolute Gasteiger partial charge is 0.477 e. The van der Waals surface area contributed by atoms with Gasteiger partial charge in [-0.25, -0.2) is 9.97 Å². The molecule has 0 spiro atoms. The summed E-state index contributed by atoms with van der Waals surface area (Å²) in [6, 6.07) is 0. The third-order valence-electron chi connectivity index (χ3n) is 2.95. The first-order chi connectivity index (χ1) is 8.60. The third-order valence-corrected chi connectivity index (χ3v) is 2.95. The Hall–Kier alpha value is -1.32. The van der Waals surface area contributed by atoms with Gasteiger partial charge < -0.3 is 10.1 Å². The van der Waals surface area contributed by atoms with Crippen LogP contribution in [0.4, 0.5) is 5.82 Å². The van der Waals surface area contributed by atoms with Gasteiger partial charge in [0.15, 0.2) is 0 Å². The fourth-order valence-electron chi connectivity index (χ4n) is 2.01. The number of hydrogen-bond donors (Lipinski definition) is 1. The maximum Gasteiger partial charge on any atom is 0.222 e. The molecule has 1 rings (SSSR count). The van der Waals surface area contributed by atoms with Gasteiger partial charge in [0.2, 0.25) is 5.88 Å². The molecule has 0 aliphatic rings. The minimum Gasteiger partial charge on any atom is -0.477 e. The second-order valence-electron chi connectivity index (χ2n) is 5.05. The van der Waals surface area contributed by atoms with Crippen molar-refractivity contribution in [3.63, 3.8) is 0 Å². The lowest BCUT2D eigenvalue weighted by atomic mass is 10.1. The van der Waals surface area contributed by atoms with E-state index in [-0.39, 0.29) is 0 Å². The summed E-state index contributed by atoms with van der Waals surface area (Å²) in [4.78, 5) is 8.51. The van der Waals surface area contributed by atoms with Gasteiger partial charge in [0, 0.05) is 7.05 Å². The lowest BCUT2D eigenvalue weighted by molar-refractivity contribution is 0.240. The average Bonchev–Trinajstić information content (AvgIpc) is 2.35. The Bertz CT molecular complexity index is 366. The maximum atomic E-state index is 5.86. The van der Waals surface area contributed by atoms with Crippen LogP contribution in [0.3, 0.4) is 0 Å². The molecule has 0 bridgehead atoms. The van der Waals surface area contributed by atoms with Gasteiger partial charge >= 0.3 is 0 Å². The zero-order chi connectivity index (χ0) is 13.5. The topological polar surface area (TPSA) is 47.0 Å². The summed E-state index contributed by atoms with van der Waals surface area (Å²) in [5.41, 5.74) is 1.06. The van der Waals surface area contributed by atoms with Gasteiger partial charge in [-0.1, -0.05) is 34.1 Å². The molecule has 0 saturated carbocycles. The first-order valence-corrected chi connectivity index (χ1v) is 6.75. The van der Waals surface area contributed by atoms with Crippen LogP contribution in [-0.2, 0) is 0 Å². The van der Waals surface area contributed by atoms with Crippen LogP contribution < -0.4 is 10.1 Å². The van der Waals surface area contributed by atoms with Gasteiger partial charge in [0.05, 0.1) is 12.2 Å². The van der Waals surface area contributed by atoms with E-state index < -0.39 is 0 Å². The van der Waals surface area contributed by atoms with Gasteiger partial charge in [-0.3, -0.25) is 0 Å². The maximum absolute atomic E-state index is 5.86. The zero-order valence-electron chi connectivity index (χ0n) is 12.2. The molecule has 0 aliphatic heterocycles. The summed E-state index contributed by atoms with van der Waals surface area (Å²) in [7, 11) is 1.87. The fourth-order valence-corrected chi connectivity index (χ4v) is 2.01. The van der Waals surface area contributed by atoms with Crippen LogP contribution in [0.2, 0.25) is 0 Å². The van der Waals surface area contributed by atoms with Crippen molar-refractivity contribution in [1.29, 1.82) is 0 Å². The van der Waals surface area contributed by atoms with Gasteiger partial charge in [-0.05, 0) is 18.3 Å². The van der Waals surface area contributed by atoms with E-state index in [1.54, 1.807) is 6.33 Å². The Morgan fingerprint density at radius 3 is 2.56 bits per heavy atom. The molecular weight excluding hydrogens is 226 g/mol. The number of aromatic nitrogens is 2. The summed E-state index contributed by atoms with van der Waals surface area (Å²) < 4.78 is 5.86. The van der Waals surface area contributed by atoms with Crippen molar-refractivity contribution in [3.05, 3.63) is 11.9 Å². The van der Waals surface area contributed by atoms with E-state index in [1.165, 1.54) is 12.8 Å². The molecule has 18 heavy (non-hydrogen) atoms. The highest BCUT2D eigenvalue weighted by atomic mass is 16.5. The predicted molar refractivity (Wildman–Crippen MR) is 75.2 cm³/mol. The molecule has 0 fully saturated rings. The molecule has 0 radical (unpaired) electrons. The first-order valence-electron chi connectivity index (χ1n) is 6.75. The number of hydrogen-bond acceptors (Lipinski definition) is 4. The highest BCUT2D eigenvalue weighted by Gasteiger charge is 2.16. The van der Waals surface area contributed by atoms with E-state index in [0.717, 1.165) is 11.4 Å².